The Balaban J connectivity index is 1.47. The number of hydrogen-bond acceptors (Lipinski definition) is 5. The van der Waals surface area contributed by atoms with Crippen molar-refractivity contribution in [1.29, 1.82) is 0 Å². The molecule has 33 heavy (non-hydrogen) atoms. The summed E-state index contributed by atoms with van der Waals surface area (Å²) in [5.41, 5.74) is 17.4. The number of fused-ring (bicyclic) bond motifs is 2. The van der Waals surface area contributed by atoms with Gasteiger partial charge >= 0.3 is 0 Å². The first-order valence-electron chi connectivity index (χ1n) is 11.0. The Morgan fingerprint density at radius 2 is 1.76 bits per heavy atom. The molecule has 0 spiro atoms. The summed E-state index contributed by atoms with van der Waals surface area (Å²) in [6.45, 7) is 0. The second-order valence-electron chi connectivity index (χ2n) is 8.60. The number of primary amides is 1. The molecule has 1 aliphatic rings. The maximum atomic E-state index is 11.5. The van der Waals surface area contributed by atoms with Gasteiger partial charge < -0.3 is 16.0 Å². The Hall–Kier alpha value is -4.26. The number of amides is 1. The third-order valence-electron chi connectivity index (χ3n) is 6.62. The first kappa shape index (κ1) is 19.4. The lowest BCUT2D eigenvalue weighted by molar-refractivity contribution is -0.125. The Morgan fingerprint density at radius 3 is 2.55 bits per heavy atom. The zero-order valence-electron chi connectivity index (χ0n) is 17.8. The molecule has 3 aromatic heterocycles. The van der Waals surface area contributed by atoms with E-state index in [2.05, 4.69) is 57.1 Å². The van der Waals surface area contributed by atoms with Crippen LogP contribution in [0.1, 0.15) is 18.9 Å². The highest BCUT2D eigenvalue weighted by molar-refractivity contribution is 6.02. The average Bonchev–Trinajstić information content (AvgIpc) is 3.18. The molecule has 3 heterocycles. The van der Waals surface area contributed by atoms with E-state index in [0.29, 0.717) is 18.7 Å². The Labute approximate surface area is 190 Å². The Bertz CT molecular complexity index is 1520. The van der Waals surface area contributed by atoms with Crippen molar-refractivity contribution >= 4 is 33.7 Å². The molecule has 0 unspecified atom stereocenters. The van der Waals surface area contributed by atoms with Crippen LogP contribution in [0.3, 0.4) is 0 Å². The van der Waals surface area contributed by atoms with Crippen LogP contribution in [0.25, 0.3) is 44.3 Å². The van der Waals surface area contributed by atoms with Crippen LogP contribution in [0.4, 0.5) is 5.82 Å². The molecule has 7 heteroatoms. The average molecular weight is 435 g/mol. The number of nitrogens with zero attached hydrogens (tertiary/aromatic N) is 4. The van der Waals surface area contributed by atoms with Crippen molar-refractivity contribution in [3.05, 3.63) is 73.2 Å². The molecule has 0 saturated heterocycles. The summed E-state index contributed by atoms with van der Waals surface area (Å²) in [6, 6.07) is 20.7. The van der Waals surface area contributed by atoms with Crippen LogP contribution in [0, 0.1) is 5.92 Å². The summed E-state index contributed by atoms with van der Waals surface area (Å²) < 4.78 is 2.11. The van der Waals surface area contributed by atoms with Gasteiger partial charge in [0.25, 0.3) is 0 Å². The summed E-state index contributed by atoms with van der Waals surface area (Å²) in [5.74, 6) is 0.105. The maximum Gasteiger partial charge on any atom is 0.220 e. The summed E-state index contributed by atoms with van der Waals surface area (Å²) in [4.78, 5) is 25.2. The van der Waals surface area contributed by atoms with Gasteiger partial charge in [0.05, 0.1) is 16.6 Å². The highest BCUT2D eigenvalue weighted by Gasteiger charge is 2.35. The molecule has 0 atom stereocenters. The number of benzene rings is 2. The van der Waals surface area contributed by atoms with E-state index in [1.807, 2.05) is 24.3 Å². The minimum absolute atomic E-state index is 0.0867. The Morgan fingerprint density at radius 1 is 0.970 bits per heavy atom. The molecule has 162 valence electrons. The van der Waals surface area contributed by atoms with Crippen molar-refractivity contribution < 1.29 is 4.79 Å². The Kier molecular flexibility index (Phi) is 4.36. The monoisotopic (exact) mass is 434 g/mol. The number of aromatic nitrogens is 4. The van der Waals surface area contributed by atoms with E-state index in [1.165, 1.54) is 6.33 Å². The largest absolute Gasteiger partial charge is 0.383 e. The second-order valence-corrected chi connectivity index (χ2v) is 8.60. The smallest absolute Gasteiger partial charge is 0.220 e. The molecule has 1 amide bonds. The van der Waals surface area contributed by atoms with Crippen molar-refractivity contribution in [3.63, 3.8) is 0 Å². The van der Waals surface area contributed by atoms with Gasteiger partial charge in [-0.15, -0.1) is 0 Å². The van der Waals surface area contributed by atoms with Crippen molar-refractivity contribution in [3.8, 4) is 22.4 Å². The number of nitrogens with two attached hydrogens (primary N) is 2. The fourth-order valence-corrected chi connectivity index (χ4v) is 4.71. The quantitative estimate of drug-likeness (QED) is 0.437. The number of carbonyl (C=O) groups excluding carboxylic acids is 1. The highest BCUT2D eigenvalue weighted by Crippen LogP contribution is 2.43. The van der Waals surface area contributed by atoms with E-state index >= 15 is 0 Å². The first-order valence-corrected chi connectivity index (χ1v) is 11.0. The third-order valence-corrected chi connectivity index (χ3v) is 6.62. The lowest BCUT2D eigenvalue weighted by Gasteiger charge is -2.34. The normalized spacial score (nSPS) is 17.8. The van der Waals surface area contributed by atoms with E-state index in [1.54, 1.807) is 0 Å². The number of pyridine rings is 1. The number of carbonyl (C=O) groups is 1. The van der Waals surface area contributed by atoms with Gasteiger partial charge in [0.15, 0.2) is 0 Å². The van der Waals surface area contributed by atoms with Gasteiger partial charge in [0, 0.05) is 34.7 Å². The van der Waals surface area contributed by atoms with Gasteiger partial charge in [-0.3, -0.25) is 4.79 Å². The van der Waals surface area contributed by atoms with E-state index in [-0.39, 0.29) is 17.9 Å². The molecule has 0 aliphatic heterocycles. The zero-order chi connectivity index (χ0) is 22.5. The van der Waals surface area contributed by atoms with Gasteiger partial charge in [-0.05, 0) is 30.5 Å². The van der Waals surface area contributed by atoms with Gasteiger partial charge in [0.1, 0.15) is 17.8 Å². The number of nitrogen functional groups attached to an aromatic ring is 1. The minimum Gasteiger partial charge on any atom is -0.383 e. The number of rotatable bonds is 4. The molecule has 0 bridgehead atoms. The van der Waals surface area contributed by atoms with E-state index in [0.717, 1.165) is 44.3 Å². The molecular weight excluding hydrogens is 412 g/mol. The highest BCUT2D eigenvalue weighted by atomic mass is 16.1. The van der Waals surface area contributed by atoms with Crippen LogP contribution in [-0.2, 0) is 4.79 Å². The molecule has 1 fully saturated rings. The van der Waals surface area contributed by atoms with Crippen molar-refractivity contribution in [1.82, 2.24) is 19.5 Å². The minimum atomic E-state index is -0.244. The fourth-order valence-electron chi connectivity index (χ4n) is 4.71. The fraction of sp³-hybridized carbons (Fsp3) is 0.154. The van der Waals surface area contributed by atoms with Crippen molar-refractivity contribution in [2.24, 2.45) is 11.7 Å². The van der Waals surface area contributed by atoms with E-state index in [4.69, 9.17) is 16.5 Å². The van der Waals surface area contributed by atoms with Crippen LogP contribution in [0.15, 0.2) is 73.2 Å². The standard InChI is InChI=1S/C26H22N6O/c27-24-23-20(13-32(26(23)30-14-29-24)19-10-18(11-19)25(28)33)17-7-6-16-8-9-21(31-22(16)12-17)15-4-2-1-3-5-15/h1-9,12-14,18-19H,10-11H2,(H2,28,33)(H2,27,29,30)/t18-,19-. The van der Waals surface area contributed by atoms with Crippen LogP contribution >= 0.6 is 0 Å². The molecule has 1 aliphatic carbocycles. The number of hydrogen-bond donors (Lipinski definition) is 2. The SMILES string of the molecule is Nc1ncnc2c1c(-c1ccc3ccc(-c4ccccc4)nc3c1)cn2[C@H]1C[C@H](C(N)=O)C1. The van der Waals surface area contributed by atoms with E-state index in [9.17, 15) is 4.79 Å². The number of anilines is 1. The molecular formula is C26H22N6O. The van der Waals surface area contributed by atoms with Crippen LogP contribution < -0.4 is 11.5 Å². The lowest BCUT2D eigenvalue weighted by Crippen LogP contribution is -2.36. The zero-order valence-corrected chi connectivity index (χ0v) is 17.8. The third kappa shape index (κ3) is 3.20. The molecule has 1 saturated carbocycles. The summed E-state index contributed by atoms with van der Waals surface area (Å²) in [7, 11) is 0. The van der Waals surface area contributed by atoms with Crippen LogP contribution in [0.2, 0.25) is 0 Å². The van der Waals surface area contributed by atoms with Gasteiger partial charge in [-0.2, -0.15) is 0 Å². The molecule has 6 rings (SSSR count). The topological polar surface area (TPSA) is 113 Å². The van der Waals surface area contributed by atoms with Gasteiger partial charge in [-0.1, -0.05) is 48.5 Å². The predicted molar refractivity (Wildman–Crippen MR) is 129 cm³/mol. The molecule has 7 nitrogen and oxygen atoms in total. The lowest BCUT2D eigenvalue weighted by atomic mass is 9.79. The molecule has 0 radical (unpaired) electrons. The maximum absolute atomic E-state index is 11.5. The second kappa shape index (κ2) is 7.41. The van der Waals surface area contributed by atoms with E-state index < -0.39 is 0 Å². The molecule has 5 aromatic rings. The summed E-state index contributed by atoms with van der Waals surface area (Å²) >= 11 is 0. The van der Waals surface area contributed by atoms with Crippen LogP contribution in [0.5, 0.6) is 0 Å². The van der Waals surface area contributed by atoms with Crippen molar-refractivity contribution in [2.45, 2.75) is 18.9 Å². The summed E-state index contributed by atoms with van der Waals surface area (Å²) in [5, 5.41) is 1.88. The molecule has 4 N–H and O–H groups in total. The van der Waals surface area contributed by atoms with Gasteiger partial charge in [0.2, 0.25) is 5.91 Å². The van der Waals surface area contributed by atoms with Gasteiger partial charge in [-0.25, -0.2) is 15.0 Å². The molecule has 2 aromatic carbocycles. The van der Waals surface area contributed by atoms with Crippen LogP contribution in [-0.4, -0.2) is 25.4 Å². The first-order chi connectivity index (χ1) is 16.1. The predicted octanol–water partition coefficient (Wildman–Crippen LogP) is 4.33. The van der Waals surface area contributed by atoms with Crippen molar-refractivity contribution in [2.75, 3.05) is 5.73 Å². The summed E-state index contributed by atoms with van der Waals surface area (Å²) in [6.07, 6.45) is 4.97.